The van der Waals surface area contributed by atoms with Gasteiger partial charge < -0.3 is 14.3 Å². The molecule has 0 aliphatic heterocycles. The summed E-state index contributed by atoms with van der Waals surface area (Å²) in [5, 5.41) is 0. The van der Waals surface area contributed by atoms with Gasteiger partial charge in [0.15, 0.2) is 0 Å². The van der Waals surface area contributed by atoms with Crippen LogP contribution in [0.1, 0.15) is 55.4 Å². The second-order valence-electron chi connectivity index (χ2n) is 0.408. The van der Waals surface area contributed by atoms with Crippen LogP contribution in [0.4, 0.5) is 0 Å². The number of methoxy groups -OCH3 is 1. The minimum absolute atomic E-state index is 1.62. The monoisotopic (exact) mass is 254 g/mol. The summed E-state index contributed by atoms with van der Waals surface area (Å²) in [6.45, 7) is 26.0. The summed E-state index contributed by atoms with van der Waals surface area (Å²) < 4.78 is 4.25. The summed E-state index contributed by atoms with van der Waals surface area (Å²) in [5.74, 6) is 0. The topological polar surface area (TPSA) is 43.4 Å². The van der Waals surface area contributed by atoms with Gasteiger partial charge in [0.2, 0.25) is 0 Å². The van der Waals surface area contributed by atoms with E-state index in [4.69, 9.17) is 9.59 Å². The summed E-state index contributed by atoms with van der Waals surface area (Å²) in [6.07, 6.45) is 0. The molecule has 0 aromatic carbocycles. The average Bonchev–Trinajstić information content (AvgIpc) is 2.53. The van der Waals surface area contributed by atoms with Gasteiger partial charge in [-0.2, -0.15) is 0 Å². The zero-order valence-corrected chi connectivity index (χ0v) is 14.1. The maximum Gasteiger partial charge on any atom is 0.106 e. The summed E-state index contributed by atoms with van der Waals surface area (Å²) >= 11 is 0. The van der Waals surface area contributed by atoms with Crippen molar-refractivity contribution in [1.82, 2.24) is 0 Å². The Balaban J connectivity index is -0.00000000914. The number of carbonyl (C=O) groups excluding carboxylic acids is 2. The molecule has 0 spiro atoms. The van der Waals surface area contributed by atoms with Crippen LogP contribution in [-0.2, 0) is 14.3 Å². The van der Waals surface area contributed by atoms with Crippen molar-refractivity contribution in [3.05, 3.63) is 13.2 Å². The Hall–Kier alpha value is -0.960. The number of carbonyl (C=O) groups is 2. The maximum atomic E-state index is 8.00. The van der Waals surface area contributed by atoms with E-state index in [0.717, 1.165) is 0 Å². The molecule has 0 aliphatic rings. The average molecular weight is 254 g/mol. The molecule has 0 heterocycles. The van der Waals surface area contributed by atoms with Crippen LogP contribution >= 0.6 is 0 Å². The van der Waals surface area contributed by atoms with Crippen LogP contribution in [-0.4, -0.2) is 27.8 Å². The molecule has 3 nitrogen and oxygen atoms in total. The van der Waals surface area contributed by atoms with E-state index >= 15 is 0 Å². The van der Waals surface area contributed by atoms with Crippen molar-refractivity contribution in [3.8, 4) is 0 Å². The Kier molecular flexibility index (Phi) is 6120000. The zero-order valence-electron chi connectivity index (χ0n) is 14.1. The van der Waals surface area contributed by atoms with E-state index in [0.29, 0.717) is 0 Å². The third-order valence-electron chi connectivity index (χ3n) is 0. The minimum Gasteiger partial charge on any atom is -0.388 e. The standard InChI is InChI=1S/C2H6O.4C2H6.C2H4.2CH2O/c1-3-2;7*1-2/h1-2H3;4*1-2H3;1-2H2;2*1H2. The molecule has 3 heteroatoms. The van der Waals surface area contributed by atoms with Crippen molar-refractivity contribution in [2.75, 3.05) is 14.2 Å². The Morgan fingerprint density at radius 2 is 0.529 bits per heavy atom. The van der Waals surface area contributed by atoms with E-state index in [2.05, 4.69) is 17.9 Å². The van der Waals surface area contributed by atoms with Gasteiger partial charge >= 0.3 is 0 Å². The summed E-state index contributed by atoms with van der Waals surface area (Å²) in [4.78, 5) is 16.0. The van der Waals surface area contributed by atoms with Crippen LogP contribution in [0.25, 0.3) is 0 Å². The fourth-order valence-electron chi connectivity index (χ4n) is 0. The van der Waals surface area contributed by atoms with E-state index in [9.17, 15) is 0 Å². The highest BCUT2D eigenvalue weighted by molar-refractivity contribution is 5.11. The molecule has 0 N–H and O–H groups in total. The van der Waals surface area contributed by atoms with E-state index in [-0.39, 0.29) is 0 Å². The van der Waals surface area contributed by atoms with Crippen molar-refractivity contribution < 1.29 is 14.3 Å². The molecule has 0 rings (SSSR count). The molecule has 0 aromatic rings. The highest BCUT2D eigenvalue weighted by Crippen LogP contribution is 1.28. The zero-order chi connectivity index (χ0) is 16.7. The van der Waals surface area contributed by atoms with Crippen LogP contribution in [0.2, 0.25) is 0 Å². The lowest BCUT2D eigenvalue weighted by Gasteiger charge is -1.61. The molecule has 0 bridgehead atoms. The molecule has 0 fully saturated rings. The third-order valence-corrected chi connectivity index (χ3v) is 0. The van der Waals surface area contributed by atoms with Gasteiger partial charge in [0, 0.05) is 14.2 Å². The first-order valence-electron chi connectivity index (χ1n) is 5.89. The molecule has 0 saturated carbocycles. The predicted octanol–water partition coefficient (Wildman–Crippen LogP) is 4.80. The van der Waals surface area contributed by atoms with E-state index in [1.165, 1.54) is 0 Å². The number of hydrogen-bond acceptors (Lipinski definition) is 3. The Labute approximate surface area is 111 Å². The van der Waals surface area contributed by atoms with E-state index < -0.39 is 0 Å². The van der Waals surface area contributed by atoms with Crippen molar-refractivity contribution in [1.29, 1.82) is 0 Å². The molecular weight excluding hydrogens is 216 g/mol. The molecule has 0 amide bonds. The van der Waals surface area contributed by atoms with E-state index in [1.807, 2.05) is 69.0 Å². The molecule has 17 heavy (non-hydrogen) atoms. The summed E-state index contributed by atoms with van der Waals surface area (Å²) in [6, 6.07) is 0. The van der Waals surface area contributed by atoms with Gasteiger partial charge in [0.1, 0.15) is 13.6 Å². The molecule has 0 unspecified atom stereocenters. The lowest BCUT2D eigenvalue weighted by atomic mass is 11.0. The second kappa shape index (κ2) is 1850000. The maximum absolute atomic E-state index is 8.00. The predicted molar refractivity (Wildman–Crippen MR) is 83.8 cm³/mol. The van der Waals surface area contributed by atoms with Gasteiger partial charge in [-0.15, -0.1) is 13.2 Å². The molecule has 0 aliphatic carbocycles. The molecule has 0 saturated heterocycles. The van der Waals surface area contributed by atoms with Gasteiger partial charge in [-0.25, -0.2) is 0 Å². The van der Waals surface area contributed by atoms with Gasteiger partial charge in [-0.1, -0.05) is 55.4 Å². The van der Waals surface area contributed by atoms with Crippen molar-refractivity contribution in [2.24, 2.45) is 0 Å². The summed E-state index contributed by atoms with van der Waals surface area (Å²) in [5.41, 5.74) is 0. The molecular formula is C14H38O3. The normalized spacial score (nSPS) is 3.18. The third kappa shape index (κ3) is 2770. The molecule has 0 radical (unpaired) electrons. The van der Waals surface area contributed by atoms with Crippen LogP contribution in [0.15, 0.2) is 13.2 Å². The van der Waals surface area contributed by atoms with Gasteiger partial charge in [-0.3, -0.25) is 0 Å². The second-order valence-corrected chi connectivity index (χ2v) is 0.408. The van der Waals surface area contributed by atoms with Crippen molar-refractivity contribution in [2.45, 2.75) is 55.4 Å². The van der Waals surface area contributed by atoms with E-state index in [1.54, 1.807) is 14.2 Å². The lowest BCUT2D eigenvalue weighted by molar-refractivity contribution is -0.0987. The van der Waals surface area contributed by atoms with Gasteiger partial charge in [0.25, 0.3) is 0 Å². The molecule has 112 valence electrons. The molecule has 0 aromatic heterocycles. The van der Waals surface area contributed by atoms with Crippen LogP contribution in [0, 0.1) is 0 Å². The number of hydrogen-bond donors (Lipinski definition) is 0. The summed E-state index contributed by atoms with van der Waals surface area (Å²) in [7, 11) is 3.25. The Bertz CT molecular complexity index is 22.7. The number of ether oxygens (including phenoxy) is 1. The van der Waals surface area contributed by atoms with Gasteiger partial charge in [-0.05, 0) is 0 Å². The quantitative estimate of drug-likeness (QED) is 0.583. The van der Waals surface area contributed by atoms with Crippen LogP contribution in [0.5, 0.6) is 0 Å². The van der Waals surface area contributed by atoms with Crippen LogP contribution in [0.3, 0.4) is 0 Å². The minimum atomic E-state index is 1.62. The highest BCUT2D eigenvalue weighted by atomic mass is 16.4. The Morgan fingerprint density at radius 3 is 0.529 bits per heavy atom. The first-order valence-corrected chi connectivity index (χ1v) is 5.89. The largest absolute Gasteiger partial charge is 0.388 e. The fourth-order valence-corrected chi connectivity index (χ4v) is 0. The Morgan fingerprint density at radius 1 is 0.529 bits per heavy atom. The first-order chi connectivity index (χ1) is 8.41. The van der Waals surface area contributed by atoms with Crippen LogP contribution < -0.4 is 0 Å². The van der Waals surface area contributed by atoms with Gasteiger partial charge in [0.05, 0.1) is 0 Å². The smallest absolute Gasteiger partial charge is 0.106 e. The molecule has 0 atom stereocenters. The van der Waals surface area contributed by atoms with Crippen molar-refractivity contribution in [3.63, 3.8) is 0 Å². The lowest BCUT2D eigenvalue weighted by Crippen LogP contribution is -1.55. The number of rotatable bonds is 0. The SMILES string of the molecule is C=C.C=O.C=O.CC.CC.CC.CC.COC. The first kappa shape index (κ1) is 56.1. The van der Waals surface area contributed by atoms with Crippen molar-refractivity contribution >= 4 is 13.6 Å². The fraction of sp³-hybridized carbons (Fsp3) is 0.714. The highest BCUT2D eigenvalue weighted by Gasteiger charge is 1.25.